The van der Waals surface area contributed by atoms with Gasteiger partial charge in [-0.05, 0) is 44.0 Å². The molecule has 5 nitrogen and oxygen atoms in total. The Morgan fingerprint density at radius 3 is 2.82 bits per heavy atom. The predicted molar refractivity (Wildman–Crippen MR) is 89.0 cm³/mol. The van der Waals surface area contributed by atoms with Crippen molar-refractivity contribution in [1.29, 1.82) is 0 Å². The minimum Gasteiger partial charge on any atom is -0.493 e. The molecule has 6 heteroatoms. The van der Waals surface area contributed by atoms with E-state index >= 15 is 0 Å². The van der Waals surface area contributed by atoms with Crippen molar-refractivity contribution in [2.75, 3.05) is 33.4 Å². The van der Waals surface area contributed by atoms with E-state index in [9.17, 15) is 4.79 Å². The molecule has 1 aromatic carbocycles. The minimum absolute atomic E-state index is 0. The van der Waals surface area contributed by atoms with Crippen LogP contribution in [0.5, 0.6) is 11.5 Å². The Labute approximate surface area is 138 Å². The van der Waals surface area contributed by atoms with Gasteiger partial charge < -0.3 is 20.1 Å². The van der Waals surface area contributed by atoms with E-state index in [1.54, 1.807) is 7.11 Å². The Bertz CT molecular complexity index is 451. The van der Waals surface area contributed by atoms with Gasteiger partial charge >= 0.3 is 0 Å². The van der Waals surface area contributed by atoms with Crippen molar-refractivity contribution in [2.45, 2.75) is 19.3 Å². The number of carbonyl (C=O) groups excluding carboxylic acids is 1. The Balaban J connectivity index is 0.00000242. The van der Waals surface area contributed by atoms with E-state index in [2.05, 4.69) is 10.6 Å². The number of rotatable bonds is 8. The monoisotopic (exact) mass is 328 g/mol. The van der Waals surface area contributed by atoms with E-state index in [1.165, 1.54) is 6.42 Å². The molecule has 1 amide bonds. The Morgan fingerprint density at radius 1 is 1.36 bits per heavy atom. The first-order valence-electron chi connectivity index (χ1n) is 7.53. The third-order valence-corrected chi connectivity index (χ3v) is 3.69. The maximum absolute atomic E-state index is 11.7. The van der Waals surface area contributed by atoms with Crippen LogP contribution in [0.2, 0.25) is 0 Å². The highest BCUT2D eigenvalue weighted by atomic mass is 35.5. The number of para-hydroxylation sites is 2. The summed E-state index contributed by atoms with van der Waals surface area (Å²) in [4.78, 5) is 11.7. The fourth-order valence-corrected chi connectivity index (χ4v) is 2.46. The summed E-state index contributed by atoms with van der Waals surface area (Å²) in [5, 5.41) is 6.28. The molecule has 0 aliphatic carbocycles. The van der Waals surface area contributed by atoms with Crippen LogP contribution in [0.4, 0.5) is 0 Å². The molecule has 1 fully saturated rings. The van der Waals surface area contributed by atoms with E-state index in [1.807, 2.05) is 24.3 Å². The molecule has 124 valence electrons. The molecule has 2 rings (SSSR count). The quantitative estimate of drug-likeness (QED) is 0.766. The molecule has 1 unspecified atom stereocenters. The van der Waals surface area contributed by atoms with Gasteiger partial charge in [0, 0.05) is 6.54 Å². The molecule has 0 bridgehead atoms. The highest BCUT2D eigenvalue weighted by Gasteiger charge is 2.14. The number of benzene rings is 1. The summed E-state index contributed by atoms with van der Waals surface area (Å²) in [5.74, 6) is 2.10. The standard InChI is InChI=1S/C16H24N2O3.ClH/c1-20-14-4-2-3-5-15(14)21-11-8-16(19)18-10-7-13-6-9-17-12-13;/h2-5,13,17H,6-12H2,1H3,(H,18,19);1H. The largest absolute Gasteiger partial charge is 0.493 e. The maximum Gasteiger partial charge on any atom is 0.223 e. The SMILES string of the molecule is COc1ccccc1OCCC(=O)NCCC1CCNC1.Cl. The molecule has 1 aromatic rings. The van der Waals surface area contributed by atoms with Gasteiger partial charge in [0.25, 0.3) is 0 Å². The summed E-state index contributed by atoms with van der Waals surface area (Å²) in [6.07, 6.45) is 2.62. The molecule has 0 spiro atoms. The Morgan fingerprint density at radius 2 is 2.14 bits per heavy atom. The third kappa shape index (κ3) is 6.12. The molecule has 1 aliphatic heterocycles. The molecular formula is C16H25ClN2O3. The summed E-state index contributed by atoms with van der Waals surface area (Å²) in [5.41, 5.74) is 0. The van der Waals surface area contributed by atoms with Crippen LogP contribution in [-0.2, 0) is 4.79 Å². The molecule has 1 atom stereocenters. The lowest BCUT2D eigenvalue weighted by atomic mass is 10.1. The van der Waals surface area contributed by atoms with Crippen LogP contribution >= 0.6 is 12.4 Å². The Kier molecular flexibility index (Phi) is 8.70. The molecule has 1 saturated heterocycles. The molecule has 0 radical (unpaired) electrons. The first kappa shape index (κ1) is 18.6. The van der Waals surface area contributed by atoms with Crippen LogP contribution in [-0.4, -0.2) is 39.3 Å². The van der Waals surface area contributed by atoms with Crippen molar-refractivity contribution in [3.63, 3.8) is 0 Å². The van der Waals surface area contributed by atoms with Crippen LogP contribution in [0.25, 0.3) is 0 Å². The Hall–Kier alpha value is -1.46. The number of hydrogen-bond acceptors (Lipinski definition) is 4. The molecular weight excluding hydrogens is 304 g/mol. The second-order valence-corrected chi connectivity index (χ2v) is 5.25. The number of ether oxygens (including phenoxy) is 2. The van der Waals surface area contributed by atoms with Gasteiger partial charge in [0.15, 0.2) is 11.5 Å². The van der Waals surface area contributed by atoms with Gasteiger partial charge in [0.1, 0.15) is 0 Å². The lowest BCUT2D eigenvalue weighted by molar-refractivity contribution is -0.121. The number of halogens is 1. The minimum atomic E-state index is 0. The van der Waals surface area contributed by atoms with Crippen LogP contribution < -0.4 is 20.1 Å². The average Bonchev–Trinajstić information content (AvgIpc) is 3.01. The number of hydrogen-bond donors (Lipinski definition) is 2. The third-order valence-electron chi connectivity index (χ3n) is 3.69. The molecule has 0 aromatic heterocycles. The molecule has 0 saturated carbocycles. The molecule has 22 heavy (non-hydrogen) atoms. The van der Waals surface area contributed by atoms with Crippen LogP contribution in [0.3, 0.4) is 0 Å². The number of methoxy groups -OCH3 is 1. The van der Waals surface area contributed by atoms with Crippen LogP contribution in [0, 0.1) is 5.92 Å². The van der Waals surface area contributed by atoms with Gasteiger partial charge in [-0.1, -0.05) is 12.1 Å². The number of amides is 1. The average molecular weight is 329 g/mol. The van der Waals surface area contributed by atoms with E-state index in [0.717, 1.165) is 26.1 Å². The van der Waals surface area contributed by atoms with Gasteiger partial charge in [0.05, 0.1) is 20.1 Å². The first-order chi connectivity index (χ1) is 10.3. The van der Waals surface area contributed by atoms with Gasteiger partial charge in [-0.3, -0.25) is 4.79 Å². The fraction of sp³-hybridized carbons (Fsp3) is 0.562. The summed E-state index contributed by atoms with van der Waals surface area (Å²) in [7, 11) is 1.60. The second kappa shape index (κ2) is 10.3. The topological polar surface area (TPSA) is 59.6 Å². The highest BCUT2D eigenvalue weighted by molar-refractivity contribution is 5.85. The van der Waals surface area contributed by atoms with Gasteiger partial charge in [-0.25, -0.2) is 0 Å². The van der Waals surface area contributed by atoms with Crippen molar-refractivity contribution >= 4 is 18.3 Å². The second-order valence-electron chi connectivity index (χ2n) is 5.25. The van der Waals surface area contributed by atoms with E-state index in [4.69, 9.17) is 9.47 Å². The zero-order valence-electron chi connectivity index (χ0n) is 13.0. The fourth-order valence-electron chi connectivity index (χ4n) is 2.46. The zero-order valence-corrected chi connectivity index (χ0v) is 13.8. The van der Waals surface area contributed by atoms with Crippen molar-refractivity contribution in [3.8, 4) is 11.5 Å². The van der Waals surface area contributed by atoms with Crippen molar-refractivity contribution < 1.29 is 14.3 Å². The van der Waals surface area contributed by atoms with Gasteiger partial charge in [-0.15, -0.1) is 12.4 Å². The van der Waals surface area contributed by atoms with Crippen LogP contribution in [0.1, 0.15) is 19.3 Å². The highest BCUT2D eigenvalue weighted by Crippen LogP contribution is 2.25. The van der Waals surface area contributed by atoms with E-state index < -0.39 is 0 Å². The summed E-state index contributed by atoms with van der Waals surface area (Å²) in [6, 6.07) is 7.44. The lowest BCUT2D eigenvalue weighted by Crippen LogP contribution is -2.27. The summed E-state index contributed by atoms with van der Waals surface area (Å²) in [6.45, 7) is 3.29. The van der Waals surface area contributed by atoms with Gasteiger partial charge in [0.2, 0.25) is 5.91 Å². The molecule has 2 N–H and O–H groups in total. The van der Waals surface area contributed by atoms with Crippen molar-refractivity contribution in [3.05, 3.63) is 24.3 Å². The van der Waals surface area contributed by atoms with E-state index in [-0.39, 0.29) is 18.3 Å². The number of nitrogens with one attached hydrogen (secondary N) is 2. The molecule has 1 heterocycles. The normalized spacial score (nSPS) is 16.7. The summed E-state index contributed by atoms with van der Waals surface area (Å²) >= 11 is 0. The first-order valence-corrected chi connectivity index (χ1v) is 7.53. The predicted octanol–water partition coefficient (Wildman–Crippen LogP) is 2.00. The van der Waals surface area contributed by atoms with Crippen molar-refractivity contribution in [2.24, 2.45) is 5.92 Å². The van der Waals surface area contributed by atoms with Crippen LogP contribution in [0.15, 0.2) is 24.3 Å². The van der Waals surface area contributed by atoms with Crippen molar-refractivity contribution in [1.82, 2.24) is 10.6 Å². The maximum atomic E-state index is 11.7. The smallest absolute Gasteiger partial charge is 0.223 e. The summed E-state index contributed by atoms with van der Waals surface area (Å²) < 4.78 is 10.8. The lowest BCUT2D eigenvalue weighted by Gasteiger charge is -2.11. The number of carbonyl (C=O) groups is 1. The molecule has 1 aliphatic rings. The zero-order chi connectivity index (χ0) is 14.9. The van der Waals surface area contributed by atoms with Gasteiger partial charge in [-0.2, -0.15) is 0 Å². The van der Waals surface area contributed by atoms with E-state index in [0.29, 0.717) is 30.4 Å².